The number of carboxylic acid groups (broad SMARTS) is 1. The molecule has 0 radical (unpaired) electrons. The lowest BCUT2D eigenvalue weighted by Crippen LogP contribution is -2.43. The Morgan fingerprint density at radius 1 is 1.71 bits per heavy atom. The standard InChI is InChI=1S/C11H13FN6O6/c1-17(10(22)23)5-2-3-18(9(21)14-5)8-6(12)7(20)11(4-19,24-8)15-16-13/h2-3,6-8,19-20H,4H2,1H3,(H,22,23)/t6-,7-,8+,11+/m0/s1. The summed E-state index contributed by atoms with van der Waals surface area (Å²) in [5, 5.41) is 31.0. The maximum Gasteiger partial charge on any atom is 0.412 e. The summed E-state index contributed by atoms with van der Waals surface area (Å²) >= 11 is 0. The highest BCUT2D eigenvalue weighted by molar-refractivity contribution is 5.83. The first-order valence-corrected chi connectivity index (χ1v) is 6.50. The van der Waals surface area contributed by atoms with Crippen molar-refractivity contribution in [3.05, 3.63) is 33.2 Å². The molecule has 2 rings (SSSR count). The van der Waals surface area contributed by atoms with Crippen LogP contribution in [0.1, 0.15) is 6.23 Å². The van der Waals surface area contributed by atoms with Crippen molar-refractivity contribution in [2.45, 2.75) is 24.2 Å². The van der Waals surface area contributed by atoms with Crippen LogP contribution in [-0.4, -0.2) is 62.6 Å². The van der Waals surface area contributed by atoms with Crippen LogP contribution >= 0.6 is 0 Å². The number of hydrogen-bond donors (Lipinski definition) is 3. The van der Waals surface area contributed by atoms with Crippen LogP contribution < -0.4 is 10.6 Å². The lowest BCUT2D eigenvalue weighted by atomic mass is 10.1. The Labute approximate surface area is 133 Å². The van der Waals surface area contributed by atoms with Crippen LogP contribution in [0.5, 0.6) is 0 Å². The van der Waals surface area contributed by atoms with Crippen molar-refractivity contribution < 1.29 is 29.2 Å². The molecule has 1 fully saturated rings. The first kappa shape index (κ1) is 17.6. The summed E-state index contributed by atoms with van der Waals surface area (Å²) in [5.74, 6) is -0.207. The van der Waals surface area contributed by atoms with Crippen molar-refractivity contribution in [3.63, 3.8) is 0 Å². The molecule has 2 heterocycles. The maximum atomic E-state index is 14.3. The summed E-state index contributed by atoms with van der Waals surface area (Å²) in [6.45, 7) is -1.02. The molecule has 0 unspecified atom stereocenters. The summed E-state index contributed by atoms with van der Waals surface area (Å²) in [4.78, 5) is 29.4. The SMILES string of the molecule is CN(C(=O)O)c1ccn([C@@H]2O[C@@](CO)(N=[N+]=[N-])[C@@H](O)[C@@H]2F)c(=O)n1. The fraction of sp³-hybridized carbons (Fsp3) is 0.545. The molecule has 0 bridgehead atoms. The third-order valence-electron chi connectivity index (χ3n) is 3.52. The zero-order chi connectivity index (χ0) is 18.1. The number of ether oxygens (including phenoxy) is 1. The van der Waals surface area contributed by atoms with Gasteiger partial charge in [-0.2, -0.15) is 4.98 Å². The zero-order valence-electron chi connectivity index (χ0n) is 12.2. The number of aromatic nitrogens is 2. The van der Waals surface area contributed by atoms with E-state index in [1.807, 2.05) is 0 Å². The van der Waals surface area contributed by atoms with Crippen molar-refractivity contribution >= 4 is 11.9 Å². The van der Waals surface area contributed by atoms with Gasteiger partial charge in [-0.1, -0.05) is 5.11 Å². The minimum Gasteiger partial charge on any atom is -0.465 e. The first-order valence-electron chi connectivity index (χ1n) is 6.50. The highest BCUT2D eigenvalue weighted by Crippen LogP contribution is 2.39. The fourth-order valence-electron chi connectivity index (χ4n) is 2.16. The molecule has 0 aliphatic carbocycles. The van der Waals surface area contributed by atoms with Crippen LogP contribution in [0.25, 0.3) is 10.4 Å². The molecule has 1 saturated heterocycles. The van der Waals surface area contributed by atoms with E-state index in [0.29, 0.717) is 9.47 Å². The largest absolute Gasteiger partial charge is 0.465 e. The third-order valence-corrected chi connectivity index (χ3v) is 3.52. The summed E-state index contributed by atoms with van der Waals surface area (Å²) in [6, 6.07) is 1.12. The van der Waals surface area contributed by atoms with Crippen molar-refractivity contribution in [3.8, 4) is 0 Å². The van der Waals surface area contributed by atoms with Gasteiger partial charge < -0.3 is 20.1 Å². The minimum atomic E-state index is -2.28. The van der Waals surface area contributed by atoms with Gasteiger partial charge in [-0.25, -0.2) is 14.0 Å². The van der Waals surface area contributed by atoms with Crippen LogP contribution in [0.4, 0.5) is 15.0 Å². The molecule has 0 spiro atoms. The van der Waals surface area contributed by atoms with Crippen LogP contribution in [0.3, 0.4) is 0 Å². The molecule has 0 aromatic carbocycles. The summed E-state index contributed by atoms with van der Waals surface area (Å²) in [5.41, 5.74) is 5.14. The number of amides is 1. The van der Waals surface area contributed by atoms with Crippen LogP contribution in [0, 0.1) is 0 Å². The topological polar surface area (TPSA) is 174 Å². The summed E-state index contributed by atoms with van der Waals surface area (Å²) < 4.78 is 20.0. The van der Waals surface area contributed by atoms with E-state index in [9.17, 15) is 24.2 Å². The second kappa shape index (κ2) is 6.41. The van der Waals surface area contributed by atoms with Gasteiger partial charge in [0.2, 0.25) is 5.72 Å². The molecule has 1 amide bonds. The van der Waals surface area contributed by atoms with E-state index in [1.54, 1.807) is 0 Å². The molecule has 24 heavy (non-hydrogen) atoms. The van der Waals surface area contributed by atoms with E-state index in [4.69, 9.17) is 15.4 Å². The number of alkyl halides is 1. The smallest absolute Gasteiger partial charge is 0.412 e. The van der Waals surface area contributed by atoms with Crippen LogP contribution in [0.15, 0.2) is 22.2 Å². The predicted octanol–water partition coefficient (Wildman–Crippen LogP) is -0.416. The first-order chi connectivity index (χ1) is 11.3. The van der Waals surface area contributed by atoms with E-state index in [1.165, 1.54) is 0 Å². The van der Waals surface area contributed by atoms with Crippen molar-refractivity contribution in [1.29, 1.82) is 0 Å². The molecular formula is C11H13FN6O6. The van der Waals surface area contributed by atoms with Gasteiger partial charge in [0, 0.05) is 18.2 Å². The molecule has 130 valence electrons. The van der Waals surface area contributed by atoms with E-state index < -0.39 is 42.6 Å². The van der Waals surface area contributed by atoms with E-state index in [2.05, 4.69) is 15.0 Å². The van der Waals surface area contributed by atoms with Gasteiger partial charge in [0.25, 0.3) is 0 Å². The Balaban J connectivity index is 2.41. The van der Waals surface area contributed by atoms with E-state index in [-0.39, 0.29) is 5.82 Å². The molecular weight excluding hydrogens is 331 g/mol. The maximum absolute atomic E-state index is 14.3. The quantitative estimate of drug-likeness (QED) is 0.378. The highest BCUT2D eigenvalue weighted by Gasteiger charge is 2.56. The van der Waals surface area contributed by atoms with Crippen LogP contribution in [0.2, 0.25) is 0 Å². The number of aliphatic hydroxyl groups excluding tert-OH is 2. The van der Waals surface area contributed by atoms with Gasteiger partial charge in [0.05, 0.1) is 6.61 Å². The highest BCUT2D eigenvalue weighted by atomic mass is 19.1. The average Bonchev–Trinajstić information content (AvgIpc) is 2.80. The number of halogens is 1. The van der Waals surface area contributed by atoms with Gasteiger partial charge in [0.1, 0.15) is 11.9 Å². The number of anilines is 1. The lowest BCUT2D eigenvalue weighted by molar-refractivity contribution is -0.124. The van der Waals surface area contributed by atoms with Gasteiger partial charge in [0.15, 0.2) is 12.4 Å². The van der Waals surface area contributed by atoms with Gasteiger partial charge in [-0.05, 0) is 11.6 Å². The van der Waals surface area contributed by atoms with Gasteiger partial charge >= 0.3 is 11.8 Å². The van der Waals surface area contributed by atoms with Gasteiger partial charge in [-0.3, -0.25) is 9.47 Å². The fourth-order valence-corrected chi connectivity index (χ4v) is 2.16. The predicted molar refractivity (Wildman–Crippen MR) is 74.9 cm³/mol. The second-order valence-electron chi connectivity index (χ2n) is 4.91. The molecule has 1 aromatic heterocycles. The Bertz CT molecular complexity index is 751. The Morgan fingerprint density at radius 2 is 2.38 bits per heavy atom. The minimum absolute atomic E-state index is 0.207. The molecule has 1 aliphatic heterocycles. The number of azide groups is 1. The molecule has 3 N–H and O–H groups in total. The average molecular weight is 344 g/mol. The Hall–Kier alpha value is -2.73. The van der Waals surface area contributed by atoms with Crippen molar-refractivity contribution in [1.82, 2.24) is 9.55 Å². The molecule has 13 heteroatoms. The summed E-state index contributed by atoms with van der Waals surface area (Å²) in [7, 11) is 1.15. The number of rotatable bonds is 4. The Kier molecular flexibility index (Phi) is 4.71. The number of aliphatic hydroxyl groups is 2. The second-order valence-corrected chi connectivity index (χ2v) is 4.91. The van der Waals surface area contributed by atoms with E-state index in [0.717, 1.165) is 19.3 Å². The lowest BCUT2D eigenvalue weighted by Gasteiger charge is -2.23. The zero-order valence-corrected chi connectivity index (χ0v) is 12.2. The van der Waals surface area contributed by atoms with Gasteiger partial charge in [-0.15, -0.1) is 0 Å². The van der Waals surface area contributed by atoms with Crippen LogP contribution in [-0.2, 0) is 4.74 Å². The van der Waals surface area contributed by atoms with Crippen molar-refractivity contribution in [2.24, 2.45) is 5.11 Å². The number of hydrogen-bond acceptors (Lipinski definition) is 7. The molecule has 1 aliphatic rings. The monoisotopic (exact) mass is 344 g/mol. The number of carbonyl (C=O) groups is 1. The molecule has 1 aromatic rings. The third kappa shape index (κ3) is 2.76. The summed E-state index contributed by atoms with van der Waals surface area (Å²) in [6.07, 6.45) is -6.29. The number of nitrogens with zero attached hydrogens (tertiary/aromatic N) is 6. The Morgan fingerprint density at radius 3 is 2.88 bits per heavy atom. The normalized spacial score (nSPS) is 29.1. The van der Waals surface area contributed by atoms with Crippen molar-refractivity contribution in [2.75, 3.05) is 18.6 Å². The van der Waals surface area contributed by atoms with E-state index >= 15 is 0 Å². The molecule has 0 saturated carbocycles. The molecule has 4 atom stereocenters. The molecule has 12 nitrogen and oxygen atoms in total.